The monoisotopic (exact) mass is 251 g/mol. The van der Waals surface area contributed by atoms with Crippen LogP contribution in [-0.2, 0) is 4.79 Å². The van der Waals surface area contributed by atoms with Crippen LogP contribution in [0.1, 0.15) is 44.0 Å². The van der Waals surface area contributed by atoms with E-state index in [9.17, 15) is 4.79 Å². The summed E-state index contributed by atoms with van der Waals surface area (Å²) in [7, 11) is 0. The van der Waals surface area contributed by atoms with Crippen LogP contribution in [0.3, 0.4) is 0 Å². The maximum absolute atomic E-state index is 11.9. The normalized spacial score (nSPS) is 19.6. The van der Waals surface area contributed by atoms with Crippen molar-refractivity contribution in [2.24, 2.45) is 5.92 Å². The molecule has 1 N–H and O–H groups in total. The highest BCUT2D eigenvalue weighted by molar-refractivity contribution is 7.15. The van der Waals surface area contributed by atoms with Gasteiger partial charge in [-0.15, -0.1) is 10.2 Å². The molecular weight excluding hydrogens is 234 g/mol. The fraction of sp³-hybridized carbons (Fsp3) is 0.583. The first kappa shape index (κ1) is 12.2. The Morgan fingerprint density at radius 1 is 1.47 bits per heavy atom. The second kappa shape index (κ2) is 5.40. The molecule has 1 aliphatic carbocycles. The van der Waals surface area contributed by atoms with Gasteiger partial charge >= 0.3 is 0 Å². The zero-order valence-electron chi connectivity index (χ0n) is 10.1. The summed E-state index contributed by atoms with van der Waals surface area (Å²) >= 11 is 1.46. The van der Waals surface area contributed by atoms with Crippen molar-refractivity contribution in [2.75, 3.05) is 5.32 Å². The minimum atomic E-state index is 0.0702. The molecule has 0 aromatic carbocycles. The first-order valence-electron chi connectivity index (χ1n) is 5.96. The average molecular weight is 251 g/mol. The van der Waals surface area contributed by atoms with E-state index in [2.05, 4.69) is 41.5 Å². The van der Waals surface area contributed by atoms with E-state index in [4.69, 9.17) is 0 Å². The molecule has 2 rings (SSSR count). The topological polar surface area (TPSA) is 54.9 Å². The predicted molar refractivity (Wildman–Crippen MR) is 69.1 cm³/mol. The number of nitrogens with zero attached hydrogens (tertiary/aromatic N) is 2. The van der Waals surface area contributed by atoms with Crippen LogP contribution in [0.25, 0.3) is 0 Å². The maximum atomic E-state index is 11.9. The molecule has 0 aliphatic heterocycles. The van der Waals surface area contributed by atoms with Gasteiger partial charge in [0, 0.05) is 11.8 Å². The van der Waals surface area contributed by atoms with E-state index >= 15 is 0 Å². The summed E-state index contributed by atoms with van der Waals surface area (Å²) in [5.74, 6) is 0.517. The van der Waals surface area contributed by atoms with Crippen molar-refractivity contribution in [3.63, 3.8) is 0 Å². The third-order valence-electron chi connectivity index (χ3n) is 2.80. The number of aromatic nitrogens is 2. The number of nitrogens with one attached hydrogen (secondary N) is 1. The molecule has 17 heavy (non-hydrogen) atoms. The Hall–Kier alpha value is -1.23. The Morgan fingerprint density at radius 3 is 2.88 bits per heavy atom. The molecule has 1 amide bonds. The predicted octanol–water partition coefficient (Wildman–Crippen LogP) is 2.96. The number of anilines is 1. The molecule has 0 unspecified atom stereocenters. The van der Waals surface area contributed by atoms with Crippen molar-refractivity contribution >= 4 is 22.4 Å². The lowest BCUT2D eigenvalue weighted by Crippen LogP contribution is -2.23. The van der Waals surface area contributed by atoms with Crippen molar-refractivity contribution in [1.82, 2.24) is 10.2 Å². The standard InChI is InChI=1S/C12H17N3OS/c1-8(2)11-14-15-12(17-11)13-10(16)9-6-4-3-5-7-9/h3-4,8-9H,5-7H2,1-2H3,(H,13,15,16)/t9-/m0/s1. The molecule has 0 fully saturated rings. The van der Waals surface area contributed by atoms with Gasteiger partial charge in [-0.05, 0) is 19.3 Å². The van der Waals surface area contributed by atoms with Crippen molar-refractivity contribution < 1.29 is 4.79 Å². The molecule has 0 radical (unpaired) electrons. The highest BCUT2D eigenvalue weighted by atomic mass is 32.1. The van der Waals surface area contributed by atoms with Gasteiger partial charge in [-0.1, -0.05) is 37.3 Å². The lowest BCUT2D eigenvalue weighted by molar-refractivity contribution is -0.120. The van der Waals surface area contributed by atoms with E-state index in [0.717, 1.165) is 24.3 Å². The zero-order valence-corrected chi connectivity index (χ0v) is 11.0. The van der Waals surface area contributed by atoms with Crippen LogP contribution in [-0.4, -0.2) is 16.1 Å². The molecular formula is C12H17N3OS. The van der Waals surface area contributed by atoms with Gasteiger partial charge in [0.25, 0.3) is 0 Å². The summed E-state index contributed by atoms with van der Waals surface area (Å²) in [6.07, 6.45) is 6.96. The summed E-state index contributed by atoms with van der Waals surface area (Å²) < 4.78 is 0. The van der Waals surface area contributed by atoms with Crippen LogP contribution in [0.15, 0.2) is 12.2 Å². The summed E-state index contributed by atoms with van der Waals surface area (Å²) in [6.45, 7) is 4.14. The Morgan fingerprint density at radius 2 is 2.29 bits per heavy atom. The van der Waals surface area contributed by atoms with E-state index in [1.165, 1.54) is 11.3 Å². The van der Waals surface area contributed by atoms with E-state index in [0.29, 0.717) is 11.0 Å². The van der Waals surface area contributed by atoms with E-state index in [1.54, 1.807) is 0 Å². The lowest BCUT2D eigenvalue weighted by Gasteiger charge is -2.15. The Labute approximate surface area is 105 Å². The maximum Gasteiger partial charge on any atom is 0.229 e. The van der Waals surface area contributed by atoms with E-state index in [1.807, 2.05) is 0 Å². The van der Waals surface area contributed by atoms with Gasteiger partial charge in [0.1, 0.15) is 5.01 Å². The second-order valence-electron chi connectivity index (χ2n) is 4.57. The fourth-order valence-corrected chi connectivity index (χ4v) is 2.51. The molecule has 0 bridgehead atoms. The number of amides is 1. The molecule has 1 aromatic heterocycles. The highest BCUT2D eigenvalue weighted by Gasteiger charge is 2.20. The molecule has 92 valence electrons. The van der Waals surface area contributed by atoms with Crippen LogP contribution < -0.4 is 5.32 Å². The molecule has 1 aliphatic rings. The Balaban J connectivity index is 1.95. The molecule has 5 heteroatoms. The summed E-state index contributed by atoms with van der Waals surface area (Å²) in [5, 5.41) is 12.5. The van der Waals surface area contributed by atoms with Crippen LogP contribution in [0, 0.1) is 5.92 Å². The first-order chi connectivity index (χ1) is 8.16. The number of rotatable bonds is 3. The first-order valence-corrected chi connectivity index (χ1v) is 6.77. The van der Waals surface area contributed by atoms with Crippen molar-refractivity contribution in [3.05, 3.63) is 17.2 Å². The average Bonchev–Trinajstić information content (AvgIpc) is 2.79. The molecule has 1 aromatic rings. The van der Waals surface area contributed by atoms with Crippen LogP contribution in [0.4, 0.5) is 5.13 Å². The largest absolute Gasteiger partial charge is 0.300 e. The van der Waals surface area contributed by atoms with Gasteiger partial charge in [0.2, 0.25) is 11.0 Å². The number of allylic oxidation sites excluding steroid dienone is 2. The van der Waals surface area contributed by atoms with Crippen LogP contribution >= 0.6 is 11.3 Å². The summed E-state index contributed by atoms with van der Waals surface area (Å²) in [6, 6.07) is 0. The summed E-state index contributed by atoms with van der Waals surface area (Å²) in [4.78, 5) is 11.9. The zero-order chi connectivity index (χ0) is 12.3. The molecule has 1 heterocycles. The third kappa shape index (κ3) is 3.12. The molecule has 0 spiro atoms. The summed E-state index contributed by atoms with van der Waals surface area (Å²) in [5.41, 5.74) is 0. The van der Waals surface area contributed by atoms with E-state index < -0.39 is 0 Å². The van der Waals surface area contributed by atoms with Gasteiger partial charge in [0.15, 0.2) is 0 Å². The van der Waals surface area contributed by atoms with Gasteiger partial charge in [-0.2, -0.15) is 0 Å². The fourth-order valence-electron chi connectivity index (χ4n) is 1.76. The van der Waals surface area contributed by atoms with Gasteiger partial charge in [-0.25, -0.2) is 0 Å². The van der Waals surface area contributed by atoms with Crippen molar-refractivity contribution in [2.45, 2.75) is 39.0 Å². The number of hydrogen-bond acceptors (Lipinski definition) is 4. The number of hydrogen-bond donors (Lipinski definition) is 1. The molecule has 0 saturated heterocycles. The lowest BCUT2D eigenvalue weighted by atomic mass is 9.94. The van der Waals surface area contributed by atoms with Gasteiger partial charge in [0.05, 0.1) is 0 Å². The highest BCUT2D eigenvalue weighted by Crippen LogP contribution is 2.24. The SMILES string of the molecule is CC(C)c1nnc(NC(=O)[C@H]2CC=CCC2)s1. The van der Waals surface area contributed by atoms with Gasteiger partial charge in [-0.3, -0.25) is 4.79 Å². The Bertz CT molecular complexity index is 425. The molecule has 1 atom stereocenters. The third-order valence-corrected chi connectivity index (χ3v) is 3.94. The van der Waals surface area contributed by atoms with Gasteiger partial charge < -0.3 is 5.32 Å². The quantitative estimate of drug-likeness (QED) is 0.840. The smallest absolute Gasteiger partial charge is 0.229 e. The number of carbonyl (C=O) groups is 1. The minimum absolute atomic E-state index is 0.0702. The second-order valence-corrected chi connectivity index (χ2v) is 5.58. The molecule has 0 saturated carbocycles. The van der Waals surface area contributed by atoms with Crippen molar-refractivity contribution in [1.29, 1.82) is 0 Å². The Kier molecular flexibility index (Phi) is 3.89. The van der Waals surface area contributed by atoms with Crippen LogP contribution in [0.5, 0.6) is 0 Å². The molecule has 4 nitrogen and oxygen atoms in total. The van der Waals surface area contributed by atoms with Crippen LogP contribution in [0.2, 0.25) is 0 Å². The minimum Gasteiger partial charge on any atom is -0.300 e. The number of carbonyl (C=O) groups excluding carboxylic acids is 1. The van der Waals surface area contributed by atoms with E-state index in [-0.39, 0.29) is 11.8 Å². The van der Waals surface area contributed by atoms with Crippen molar-refractivity contribution in [3.8, 4) is 0 Å².